The topological polar surface area (TPSA) is 50.8 Å². The molecule has 1 aromatic heterocycles. The van der Waals surface area contributed by atoms with E-state index in [1.165, 1.54) is 0 Å². The smallest absolute Gasteiger partial charge is 0.124 e. The molecule has 1 aromatic carbocycles. The minimum atomic E-state index is 0.341. The number of rotatable bonds is 6. The van der Waals surface area contributed by atoms with E-state index in [-0.39, 0.29) is 0 Å². The van der Waals surface area contributed by atoms with E-state index in [2.05, 4.69) is 15.6 Å². The van der Waals surface area contributed by atoms with Gasteiger partial charge in [0, 0.05) is 19.8 Å². The van der Waals surface area contributed by atoms with Crippen LogP contribution in [-0.4, -0.2) is 22.8 Å². The number of imidazole rings is 1. The standard InChI is InChI=1S/C14H16ClN3O/c1-2-19-8-4-7-18-12-6-3-5-11(10-16)14(12)17-13(18)9-15/h3,5-6H,2,4,7-9H2,1H3. The summed E-state index contributed by atoms with van der Waals surface area (Å²) in [6.45, 7) is 4.23. The summed E-state index contributed by atoms with van der Waals surface area (Å²) in [6, 6.07) is 7.79. The van der Waals surface area contributed by atoms with Crippen LogP contribution < -0.4 is 0 Å². The van der Waals surface area contributed by atoms with Gasteiger partial charge in [0.2, 0.25) is 0 Å². The van der Waals surface area contributed by atoms with Crippen molar-refractivity contribution in [3.05, 3.63) is 29.6 Å². The molecule has 4 nitrogen and oxygen atoms in total. The van der Waals surface area contributed by atoms with Crippen LogP contribution in [-0.2, 0) is 17.2 Å². The van der Waals surface area contributed by atoms with Gasteiger partial charge in [-0.15, -0.1) is 11.6 Å². The van der Waals surface area contributed by atoms with Crippen molar-refractivity contribution in [3.8, 4) is 6.07 Å². The minimum Gasteiger partial charge on any atom is -0.382 e. The third kappa shape index (κ3) is 2.89. The van der Waals surface area contributed by atoms with Gasteiger partial charge in [-0.1, -0.05) is 6.07 Å². The molecule has 0 bridgehead atoms. The fourth-order valence-electron chi connectivity index (χ4n) is 2.11. The lowest BCUT2D eigenvalue weighted by atomic mass is 10.2. The number of hydrogen-bond acceptors (Lipinski definition) is 3. The summed E-state index contributed by atoms with van der Waals surface area (Å²) in [4.78, 5) is 4.47. The molecule has 0 saturated carbocycles. The first kappa shape index (κ1) is 13.9. The molecule has 0 amide bonds. The summed E-state index contributed by atoms with van der Waals surface area (Å²) >= 11 is 5.94. The Kier molecular flexibility index (Phi) is 4.78. The number of hydrogen-bond donors (Lipinski definition) is 0. The Bertz CT molecular complexity index is 600. The molecule has 0 spiro atoms. The normalized spacial score (nSPS) is 10.8. The van der Waals surface area contributed by atoms with Gasteiger partial charge in [0.1, 0.15) is 17.4 Å². The molecule has 0 saturated heterocycles. The summed E-state index contributed by atoms with van der Waals surface area (Å²) < 4.78 is 7.41. The monoisotopic (exact) mass is 277 g/mol. The predicted molar refractivity (Wildman–Crippen MR) is 75.1 cm³/mol. The molecular formula is C14H16ClN3O. The second-order valence-corrected chi connectivity index (χ2v) is 4.42. The van der Waals surface area contributed by atoms with Gasteiger partial charge in [0.15, 0.2) is 0 Å². The average molecular weight is 278 g/mol. The molecule has 0 N–H and O–H groups in total. The van der Waals surface area contributed by atoms with Gasteiger partial charge < -0.3 is 9.30 Å². The minimum absolute atomic E-state index is 0.341. The fourth-order valence-corrected chi connectivity index (χ4v) is 2.31. The Hall–Kier alpha value is -1.57. The van der Waals surface area contributed by atoms with E-state index in [0.717, 1.165) is 43.0 Å². The van der Waals surface area contributed by atoms with Crippen LogP contribution in [0.1, 0.15) is 24.7 Å². The van der Waals surface area contributed by atoms with Gasteiger partial charge in [0.05, 0.1) is 17.0 Å². The molecule has 0 unspecified atom stereocenters. The van der Waals surface area contributed by atoms with Crippen LogP contribution in [0.25, 0.3) is 11.0 Å². The van der Waals surface area contributed by atoms with Gasteiger partial charge in [-0.3, -0.25) is 0 Å². The van der Waals surface area contributed by atoms with Crippen molar-refractivity contribution in [2.24, 2.45) is 0 Å². The number of halogens is 1. The lowest BCUT2D eigenvalue weighted by molar-refractivity contribution is 0.142. The molecule has 5 heteroatoms. The number of nitriles is 1. The van der Waals surface area contributed by atoms with Gasteiger partial charge in [-0.05, 0) is 25.5 Å². The van der Waals surface area contributed by atoms with Crippen LogP contribution in [0.5, 0.6) is 0 Å². The second kappa shape index (κ2) is 6.55. The van der Waals surface area contributed by atoms with Crippen molar-refractivity contribution >= 4 is 22.6 Å². The number of ether oxygens (including phenoxy) is 1. The van der Waals surface area contributed by atoms with Crippen molar-refractivity contribution in [3.63, 3.8) is 0 Å². The van der Waals surface area contributed by atoms with Crippen molar-refractivity contribution < 1.29 is 4.74 Å². The van der Waals surface area contributed by atoms with Crippen molar-refractivity contribution in [1.29, 1.82) is 5.26 Å². The molecule has 2 rings (SSSR count). The number of alkyl halides is 1. The number of fused-ring (bicyclic) bond motifs is 1. The van der Waals surface area contributed by atoms with E-state index in [9.17, 15) is 0 Å². The molecule has 0 radical (unpaired) electrons. The summed E-state index contributed by atoms with van der Waals surface area (Å²) in [5.41, 5.74) is 2.29. The first-order valence-corrected chi connectivity index (χ1v) is 6.87. The fraction of sp³-hybridized carbons (Fsp3) is 0.429. The third-order valence-electron chi connectivity index (χ3n) is 2.97. The van der Waals surface area contributed by atoms with Gasteiger partial charge in [0.25, 0.3) is 0 Å². The quantitative estimate of drug-likeness (QED) is 0.602. The maximum Gasteiger partial charge on any atom is 0.124 e. The summed E-state index contributed by atoms with van der Waals surface area (Å²) in [5, 5.41) is 9.10. The first-order valence-electron chi connectivity index (χ1n) is 6.33. The highest BCUT2D eigenvalue weighted by Crippen LogP contribution is 2.21. The molecule has 100 valence electrons. The molecule has 19 heavy (non-hydrogen) atoms. The molecule has 0 atom stereocenters. The Balaban J connectivity index is 2.33. The SMILES string of the molecule is CCOCCCn1c(CCl)nc2c(C#N)cccc21. The first-order chi connectivity index (χ1) is 9.31. The van der Waals surface area contributed by atoms with E-state index in [1.807, 2.05) is 19.1 Å². The lowest BCUT2D eigenvalue weighted by Crippen LogP contribution is -2.05. The predicted octanol–water partition coefficient (Wildman–Crippen LogP) is 3.07. The summed E-state index contributed by atoms with van der Waals surface area (Å²) in [7, 11) is 0. The van der Waals surface area contributed by atoms with E-state index >= 15 is 0 Å². The zero-order valence-corrected chi connectivity index (χ0v) is 11.7. The maximum atomic E-state index is 9.10. The Labute approximate surface area is 117 Å². The summed E-state index contributed by atoms with van der Waals surface area (Å²) in [6.07, 6.45) is 0.903. The largest absolute Gasteiger partial charge is 0.382 e. The molecule has 0 aliphatic carbocycles. The van der Waals surface area contributed by atoms with Crippen LogP contribution in [0.3, 0.4) is 0 Å². The van der Waals surface area contributed by atoms with Gasteiger partial charge in [-0.2, -0.15) is 5.26 Å². The number of nitrogens with zero attached hydrogens (tertiary/aromatic N) is 3. The molecule has 0 fully saturated rings. The van der Waals surface area contributed by atoms with E-state index < -0.39 is 0 Å². The lowest BCUT2D eigenvalue weighted by Gasteiger charge is -2.07. The van der Waals surface area contributed by atoms with E-state index in [4.69, 9.17) is 21.6 Å². The number of benzene rings is 1. The Morgan fingerprint density at radius 2 is 2.32 bits per heavy atom. The second-order valence-electron chi connectivity index (χ2n) is 4.15. The molecule has 0 aliphatic heterocycles. The van der Waals surface area contributed by atoms with Crippen LogP contribution in [0.4, 0.5) is 0 Å². The van der Waals surface area contributed by atoms with Crippen molar-refractivity contribution in [1.82, 2.24) is 9.55 Å². The molecule has 0 aliphatic rings. The highest BCUT2D eigenvalue weighted by atomic mass is 35.5. The summed E-state index contributed by atoms with van der Waals surface area (Å²) in [5.74, 6) is 1.14. The van der Waals surface area contributed by atoms with E-state index in [0.29, 0.717) is 11.4 Å². The zero-order chi connectivity index (χ0) is 13.7. The van der Waals surface area contributed by atoms with Crippen molar-refractivity contribution in [2.45, 2.75) is 25.8 Å². The van der Waals surface area contributed by atoms with Crippen LogP contribution in [0.2, 0.25) is 0 Å². The third-order valence-corrected chi connectivity index (χ3v) is 3.21. The van der Waals surface area contributed by atoms with Gasteiger partial charge >= 0.3 is 0 Å². The van der Waals surface area contributed by atoms with Crippen molar-refractivity contribution in [2.75, 3.05) is 13.2 Å². The van der Waals surface area contributed by atoms with Crippen LogP contribution in [0.15, 0.2) is 18.2 Å². The molecule has 1 heterocycles. The number of aromatic nitrogens is 2. The van der Waals surface area contributed by atoms with Crippen LogP contribution in [0, 0.1) is 11.3 Å². The Morgan fingerprint density at radius 3 is 3.00 bits per heavy atom. The molecular weight excluding hydrogens is 262 g/mol. The number of aryl methyl sites for hydroxylation is 1. The highest BCUT2D eigenvalue weighted by Gasteiger charge is 2.12. The van der Waals surface area contributed by atoms with Crippen LogP contribution >= 0.6 is 11.6 Å². The highest BCUT2D eigenvalue weighted by molar-refractivity contribution is 6.16. The van der Waals surface area contributed by atoms with Gasteiger partial charge in [-0.25, -0.2) is 4.98 Å². The van der Waals surface area contributed by atoms with E-state index in [1.54, 1.807) is 6.07 Å². The maximum absolute atomic E-state index is 9.10. The Morgan fingerprint density at radius 1 is 1.47 bits per heavy atom. The number of para-hydroxylation sites is 1. The molecule has 2 aromatic rings. The zero-order valence-electron chi connectivity index (χ0n) is 10.9. The average Bonchev–Trinajstić information content (AvgIpc) is 2.81.